The zero-order valence-corrected chi connectivity index (χ0v) is 16.1. The molecule has 1 heterocycles. The zero-order valence-electron chi connectivity index (χ0n) is 16.1. The van der Waals surface area contributed by atoms with Gasteiger partial charge in [0.05, 0.1) is 12.6 Å². The predicted octanol–water partition coefficient (Wildman–Crippen LogP) is 2.95. The molecule has 1 atom stereocenters. The molecular weight excluding hydrogens is 308 g/mol. The molecule has 6 heteroatoms. The summed E-state index contributed by atoms with van der Waals surface area (Å²) in [6.07, 6.45) is 1.84. The molecule has 140 valence electrons. The van der Waals surface area contributed by atoms with E-state index < -0.39 is 5.60 Å². The van der Waals surface area contributed by atoms with Crippen molar-refractivity contribution in [3.05, 3.63) is 0 Å². The Morgan fingerprint density at radius 2 is 1.96 bits per heavy atom. The number of piperidine rings is 1. The molecule has 0 spiro atoms. The Morgan fingerprint density at radius 3 is 2.54 bits per heavy atom. The van der Waals surface area contributed by atoms with Crippen molar-refractivity contribution in [2.45, 2.75) is 72.4 Å². The minimum absolute atomic E-state index is 0.0224. The lowest BCUT2D eigenvalue weighted by molar-refractivity contribution is -0.143. The summed E-state index contributed by atoms with van der Waals surface area (Å²) in [4.78, 5) is 25.8. The first-order chi connectivity index (χ1) is 11.0. The van der Waals surface area contributed by atoms with Crippen LogP contribution in [0.3, 0.4) is 0 Å². The molecule has 0 aromatic carbocycles. The fourth-order valence-electron chi connectivity index (χ4n) is 2.79. The number of nitrogens with zero attached hydrogens (tertiary/aromatic N) is 1. The molecule has 0 aliphatic carbocycles. The highest BCUT2D eigenvalue weighted by molar-refractivity contribution is 5.69. The van der Waals surface area contributed by atoms with Gasteiger partial charge in [-0.05, 0) is 59.0 Å². The maximum Gasteiger partial charge on any atom is 0.407 e. The van der Waals surface area contributed by atoms with Crippen LogP contribution in [0.1, 0.15) is 60.8 Å². The van der Waals surface area contributed by atoms with E-state index in [1.54, 1.807) is 0 Å². The van der Waals surface area contributed by atoms with Gasteiger partial charge < -0.3 is 19.7 Å². The van der Waals surface area contributed by atoms with Crippen molar-refractivity contribution in [1.82, 2.24) is 10.2 Å². The number of likely N-dealkylation sites (tertiary alicyclic amines) is 1. The van der Waals surface area contributed by atoms with Crippen LogP contribution in [0.15, 0.2) is 0 Å². The van der Waals surface area contributed by atoms with Crippen molar-refractivity contribution in [2.75, 3.05) is 26.2 Å². The van der Waals surface area contributed by atoms with Gasteiger partial charge in [-0.2, -0.15) is 0 Å². The quantitative estimate of drug-likeness (QED) is 0.752. The Morgan fingerprint density at radius 1 is 1.29 bits per heavy atom. The summed E-state index contributed by atoms with van der Waals surface area (Å²) in [6.45, 7) is 14.8. The number of amides is 1. The minimum atomic E-state index is -0.498. The first-order valence-corrected chi connectivity index (χ1v) is 8.91. The summed E-state index contributed by atoms with van der Waals surface area (Å²) < 4.78 is 10.3. The highest BCUT2D eigenvalue weighted by atomic mass is 16.6. The second kappa shape index (κ2) is 8.70. The zero-order chi connectivity index (χ0) is 18.4. The van der Waals surface area contributed by atoms with Crippen LogP contribution < -0.4 is 5.32 Å². The molecule has 1 N–H and O–H groups in total. The SMILES string of the molecule is CCOC(=O)CCCN1CCC(C)(C)C(NC(=O)OC(C)(C)C)C1. The van der Waals surface area contributed by atoms with Crippen molar-refractivity contribution in [1.29, 1.82) is 0 Å². The molecule has 6 nitrogen and oxygen atoms in total. The molecule has 1 saturated heterocycles. The largest absolute Gasteiger partial charge is 0.466 e. The van der Waals surface area contributed by atoms with Gasteiger partial charge in [-0.15, -0.1) is 0 Å². The standard InChI is InChI=1S/C18H34N2O4/c1-7-23-15(21)9-8-11-20-12-10-18(5,6)14(13-20)19-16(22)24-17(2,3)4/h14H,7-13H2,1-6H3,(H,19,22). The molecule has 24 heavy (non-hydrogen) atoms. The average Bonchev–Trinajstić information content (AvgIpc) is 2.40. The molecule has 0 radical (unpaired) electrons. The third kappa shape index (κ3) is 7.51. The summed E-state index contributed by atoms with van der Waals surface area (Å²) in [5.74, 6) is -0.140. The van der Waals surface area contributed by atoms with E-state index in [1.165, 1.54) is 0 Å². The molecule has 0 aromatic heterocycles. The molecule has 1 fully saturated rings. The third-order valence-electron chi connectivity index (χ3n) is 4.31. The highest BCUT2D eigenvalue weighted by Crippen LogP contribution is 2.30. The van der Waals surface area contributed by atoms with Gasteiger partial charge in [-0.25, -0.2) is 4.79 Å². The molecule has 1 unspecified atom stereocenters. The van der Waals surface area contributed by atoms with Crippen LogP contribution in [0.4, 0.5) is 4.79 Å². The van der Waals surface area contributed by atoms with Crippen molar-refractivity contribution < 1.29 is 19.1 Å². The lowest BCUT2D eigenvalue weighted by atomic mass is 9.78. The fourth-order valence-corrected chi connectivity index (χ4v) is 2.79. The van der Waals surface area contributed by atoms with Gasteiger partial charge in [0.1, 0.15) is 5.60 Å². The topological polar surface area (TPSA) is 67.9 Å². The van der Waals surface area contributed by atoms with E-state index in [9.17, 15) is 9.59 Å². The molecule has 0 aromatic rings. The first kappa shape index (κ1) is 20.7. The minimum Gasteiger partial charge on any atom is -0.466 e. The van der Waals surface area contributed by atoms with Crippen molar-refractivity contribution in [3.8, 4) is 0 Å². The molecule has 1 aliphatic heterocycles. The molecule has 1 amide bonds. The predicted molar refractivity (Wildman–Crippen MR) is 93.9 cm³/mol. The second-order valence-corrected chi connectivity index (χ2v) is 8.15. The Kier molecular flexibility index (Phi) is 7.52. The number of nitrogens with one attached hydrogen (secondary N) is 1. The Balaban J connectivity index is 2.48. The molecule has 0 saturated carbocycles. The second-order valence-electron chi connectivity index (χ2n) is 8.15. The maximum absolute atomic E-state index is 12.1. The number of esters is 1. The number of alkyl carbamates (subject to hydrolysis) is 1. The van der Waals surface area contributed by atoms with Gasteiger partial charge in [-0.1, -0.05) is 13.8 Å². The monoisotopic (exact) mass is 342 g/mol. The Hall–Kier alpha value is -1.30. The number of carbonyl (C=O) groups is 2. The summed E-state index contributed by atoms with van der Waals surface area (Å²) in [7, 11) is 0. The molecule has 1 aliphatic rings. The van der Waals surface area contributed by atoms with Gasteiger partial charge in [0, 0.05) is 13.0 Å². The van der Waals surface area contributed by atoms with Crippen LogP contribution in [-0.2, 0) is 14.3 Å². The van der Waals surface area contributed by atoms with Crippen LogP contribution >= 0.6 is 0 Å². The van der Waals surface area contributed by atoms with Crippen LogP contribution in [0.25, 0.3) is 0 Å². The lowest BCUT2D eigenvalue weighted by Gasteiger charge is -2.44. The molecule has 0 bridgehead atoms. The van der Waals surface area contributed by atoms with Gasteiger partial charge in [-0.3, -0.25) is 4.79 Å². The number of hydrogen-bond donors (Lipinski definition) is 1. The number of ether oxygens (including phenoxy) is 2. The van der Waals surface area contributed by atoms with Crippen LogP contribution in [0, 0.1) is 5.41 Å². The number of carbonyl (C=O) groups excluding carboxylic acids is 2. The van der Waals surface area contributed by atoms with Crippen molar-refractivity contribution in [2.24, 2.45) is 5.41 Å². The van der Waals surface area contributed by atoms with E-state index in [-0.39, 0.29) is 23.5 Å². The fraction of sp³-hybridized carbons (Fsp3) is 0.889. The summed E-state index contributed by atoms with van der Waals surface area (Å²) >= 11 is 0. The van der Waals surface area contributed by atoms with Crippen LogP contribution in [-0.4, -0.2) is 54.8 Å². The maximum atomic E-state index is 12.1. The molecule has 1 rings (SSSR count). The average molecular weight is 342 g/mol. The Labute approximate surface area is 146 Å². The van der Waals surface area contributed by atoms with Crippen molar-refractivity contribution in [3.63, 3.8) is 0 Å². The van der Waals surface area contributed by atoms with Gasteiger partial charge in [0.15, 0.2) is 0 Å². The van der Waals surface area contributed by atoms with Crippen LogP contribution in [0.2, 0.25) is 0 Å². The van der Waals surface area contributed by atoms with E-state index >= 15 is 0 Å². The first-order valence-electron chi connectivity index (χ1n) is 8.91. The lowest BCUT2D eigenvalue weighted by Crippen LogP contribution is -2.57. The third-order valence-corrected chi connectivity index (χ3v) is 4.31. The van der Waals surface area contributed by atoms with Crippen molar-refractivity contribution >= 4 is 12.1 Å². The Bertz CT molecular complexity index is 429. The van der Waals surface area contributed by atoms with Gasteiger partial charge in [0.25, 0.3) is 0 Å². The normalized spacial score (nSPS) is 21.2. The van der Waals surface area contributed by atoms with E-state index in [2.05, 4.69) is 24.1 Å². The smallest absolute Gasteiger partial charge is 0.407 e. The van der Waals surface area contributed by atoms with E-state index in [0.29, 0.717) is 13.0 Å². The summed E-state index contributed by atoms with van der Waals surface area (Å²) in [6, 6.07) is 0.0312. The highest BCUT2D eigenvalue weighted by Gasteiger charge is 2.37. The van der Waals surface area contributed by atoms with E-state index in [4.69, 9.17) is 9.47 Å². The summed E-state index contributed by atoms with van der Waals surface area (Å²) in [5.41, 5.74) is -0.475. The van der Waals surface area contributed by atoms with Gasteiger partial charge in [0.2, 0.25) is 0 Å². The van der Waals surface area contributed by atoms with Gasteiger partial charge >= 0.3 is 12.1 Å². The van der Waals surface area contributed by atoms with E-state index in [0.717, 1.165) is 32.5 Å². The van der Waals surface area contributed by atoms with Crippen LogP contribution in [0.5, 0.6) is 0 Å². The molecular formula is C18H34N2O4. The summed E-state index contributed by atoms with van der Waals surface area (Å²) in [5, 5.41) is 3.02. The number of hydrogen-bond acceptors (Lipinski definition) is 5. The number of rotatable bonds is 6. The van der Waals surface area contributed by atoms with E-state index in [1.807, 2.05) is 27.7 Å².